The molecule has 20 heavy (non-hydrogen) atoms. The van der Waals surface area contributed by atoms with Crippen LogP contribution in [0.15, 0.2) is 39.4 Å². The van der Waals surface area contributed by atoms with Crippen LogP contribution < -0.4 is 5.73 Å². The monoisotopic (exact) mass is 413 g/mol. The maximum Gasteiger partial charge on any atom is 0.139 e. The summed E-state index contributed by atoms with van der Waals surface area (Å²) in [6.07, 6.45) is 1.92. The average Bonchev–Trinajstić information content (AvgIpc) is 2.68. The van der Waals surface area contributed by atoms with Crippen molar-refractivity contribution < 1.29 is 0 Å². The van der Waals surface area contributed by atoms with Gasteiger partial charge in [0.2, 0.25) is 0 Å². The molecule has 0 aliphatic rings. The zero-order valence-corrected chi connectivity index (χ0v) is 14.4. The van der Waals surface area contributed by atoms with Crippen molar-refractivity contribution in [3.63, 3.8) is 0 Å². The minimum atomic E-state index is 0.574. The fraction of sp³-hybridized carbons (Fsp3) is 0.0714. The highest BCUT2D eigenvalue weighted by Crippen LogP contribution is 2.34. The van der Waals surface area contributed by atoms with Gasteiger partial charge in [-0.1, -0.05) is 33.6 Å². The van der Waals surface area contributed by atoms with Crippen LogP contribution in [-0.2, 0) is 0 Å². The van der Waals surface area contributed by atoms with Crippen molar-refractivity contribution in [2.75, 3.05) is 5.73 Å². The van der Waals surface area contributed by atoms with Crippen molar-refractivity contribution in [1.29, 1.82) is 0 Å². The summed E-state index contributed by atoms with van der Waals surface area (Å²) in [5, 5.41) is 0.616. The summed E-state index contributed by atoms with van der Waals surface area (Å²) < 4.78 is 3.76. The minimum absolute atomic E-state index is 0.574. The Morgan fingerprint density at radius 1 is 1.25 bits per heavy atom. The Labute approximate surface area is 138 Å². The topological polar surface area (TPSA) is 43.3 Å². The molecule has 0 unspecified atom stereocenters. The van der Waals surface area contributed by atoms with Crippen LogP contribution in [0, 0.1) is 6.92 Å². The number of pyridine rings is 1. The summed E-state index contributed by atoms with van der Waals surface area (Å²) in [6.45, 7) is 2.02. The molecule has 0 saturated heterocycles. The van der Waals surface area contributed by atoms with Gasteiger partial charge >= 0.3 is 0 Å². The molecule has 6 heteroatoms. The van der Waals surface area contributed by atoms with Gasteiger partial charge in [0, 0.05) is 20.7 Å². The predicted octanol–water partition coefficient (Wildman–Crippen LogP) is 5.07. The van der Waals surface area contributed by atoms with Gasteiger partial charge < -0.3 is 5.73 Å². The highest BCUT2D eigenvalue weighted by atomic mass is 79.9. The molecule has 0 aliphatic carbocycles. The first-order valence-electron chi connectivity index (χ1n) is 5.86. The van der Waals surface area contributed by atoms with Crippen LogP contribution in [0.3, 0.4) is 0 Å². The third-order valence-electron chi connectivity index (χ3n) is 3.13. The van der Waals surface area contributed by atoms with Crippen molar-refractivity contribution in [3.05, 3.63) is 50.0 Å². The summed E-state index contributed by atoms with van der Waals surface area (Å²) in [6, 6.07) is 7.65. The molecule has 0 bridgehead atoms. The summed E-state index contributed by atoms with van der Waals surface area (Å²) in [5.74, 6) is 0.574. The number of halogens is 3. The van der Waals surface area contributed by atoms with Gasteiger partial charge in [0.25, 0.3) is 0 Å². The van der Waals surface area contributed by atoms with Crippen molar-refractivity contribution in [2.45, 2.75) is 6.92 Å². The maximum absolute atomic E-state index is 6.28. The summed E-state index contributed by atoms with van der Waals surface area (Å²) >= 11 is 13.2. The number of nitrogen functional groups attached to an aromatic ring is 1. The zero-order chi connectivity index (χ0) is 14.4. The Balaban J connectivity index is 2.29. The van der Waals surface area contributed by atoms with E-state index in [-0.39, 0.29) is 0 Å². The van der Waals surface area contributed by atoms with Crippen LogP contribution in [-0.4, -0.2) is 9.38 Å². The second-order valence-electron chi connectivity index (χ2n) is 4.50. The second kappa shape index (κ2) is 5.06. The molecule has 3 nitrogen and oxygen atoms in total. The summed E-state index contributed by atoms with van der Waals surface area (Å²) in [7, 11) is 0. The molecule has 0 amide bonds. The highest BCUT2D eigenvalue weighted by Gasteiger charge is 2.15. The lowest BCUT2D eigenvalue weighted by molar-refractivity contribution is 1.16. The van der Waals surface area contributed by atoms with E-state index in [1.165, 1.54) is 0 Å². The molecule has 0 aliphatic heterocycles. The SMILES string of the molecule is Cc1cc2nc(-c3ccc(Br)cc3Cl)c(N)n2cc1Br. The van der Waals surface area contributed by atoms with E-state index in [4.69, 9.17) is 17.3 Å². The number of anilines is 1. The molecule has 2 N–H and O–H groups in total. The molecule has 0 saturated carbocycles. The van der Waals surface area contributed by atoms with Crippen molar-refractivity contribution >= 4 is 54.9 Å². The van der Waals surface area contributed by atoms with Crippen LogP contribution in [0.5, 0.6) is 0 Å². The van der Waals surface area contributed by atoms with Crippen LogP contribution in [0.1, 0.15) is 5.56 Å². The number of aromatic nitrogens is 2. The largest absolute Gasteiger partial charge is 0.383 e. The fourth-order valence-electron chi connectivity index (χ4n) is 2.06. The van der Waals surface area contributed by atoms with Gasteiger partial charge in [-0.25, -0.2) is 4.98 Å². The quantitative estimate of drug-likeness (QED) is 0.603. The number of fused-ring (bicyclic) bond motifs is 1. The molecule has 0 fully saturated rings. The normalized spacial score (nSPS) is 11.2. The van der Waals surface area contributed by atoms with Gasteiger partial charge in [-0.3, -0.25) is 4.40 Å². The van der Waals surface area contributed by atoms with Crippen molar-refractivity contribution in [2.24, 2.45) is 0 Å². The van der Waals surface area contributed by atoms with E-state index in [2.05, 4.69) is 36.8 Å². The molecule has 2 heterocycles. The zero-order valence-electron chi connectivity index (χ0n) is 10.5. The molecule has 3 rings (SSSR count). The van der Waals surface area contributed by atoms with E-state index in [9.17, 15) is 0 Å². The van der Waals surface area contributed by atoms with Crippen LogP contribution in [0.2, 0.25) is 5.02 Å². The van der Waals surface area contributed by atoms with Gasteiger partial charge in [-0.05, 0) is 46.6 Å². The van der Waals surface area contributed by atoms with E-state index in [1.54, 1.807) is 0 Å². The number of benzene rings is 1. The highest BCUT2D eigenvalue weighted by molar-refractivity contribution is 9.10. The van der Waals surface area contributed by atoms with Crippen molar-refractivity contribution in [1.82, 2.24) is 9.38 Å². The van der Waals surface area contributed by atoms with Gasteiger partial charge in [-0.2, -0.15) is 0 Å². The molecular weight excluding hydrogens is 405 g/mol. The Bertz CT molecular complexity index is 827. The number of hydrogen-bond acceptors (Lipinski definition) is 2. The molecule has 1 aromatic carbocycles. The Morgan fingerprint density at radius 2 is 2.00 bits per heavy atom. The molecule has 0 radical (unpaired) electrons. The molecule has 0 atom stereocenters. The Morgan fingerprint density at radius 3 is 2.70 bits per heavy atom. The van der Waals surface area contributed by atoms with Crippen molar-refractivity contribution in [3.8, 4) is 11.3 Å². The Hall–Kier alpha value is -1.04. The van der Waals surface area contributed by atoms with Gasteiger partial charge in [0.05, 0.1) is 5.02 Å². The predicted molar refractivity (Wildman–Crippen MR) is 90.2 cm³/mol. The van der Waals surface area contributed by atoms with Gasteiger partial charge in [0.15, 0.2) is 0 Å². The van der Waals surface area contributed by atoms with Crippen LogP contribution >= 0.6 is 43.5 Å². The lowest BCUT2D eigenvalue weighted by Gasteiger charge is -2.03. The lowest BCUT2D eigenvalue weighted by atomic mass is 10.1. The van der Waals surface area contributed by atoms with Crippen LogP contribution in [0.4, 0.5) is 5.82 Å². The molecule has 0 spiro atoms. The van der Waals surface area contributed by atoms with E-state index >= 15 is 0 Å². The second-order valence-corrected chi connectivity index (χ2v) is 6.68. The first kappa shape index (κ1) is 13.9. The third kappa shape index (κ3) is 2.24. The molecule has 2 aromatic heterocycles. The molecule has 3 aromatic rings. The lowest BCUT2D eigenvalue weighted by Crippen LogP contribution is -1.95. The van der Waals surface area contributed by atoms with E-state index in [0.29, 0.717) is 16.5 Å². The standard InChI is InChI=1S/C14H10Br2ClN3/c1-7-4-12-19-13(14(18)20(12)6-10(7)16)9-3-2-8(15)5-11(9)17/h2-6H,18H2,1H3. The molecule has 102 valence electrons. The fourth-order valence-corrected chi connectivity index (χ4v) is 3.14. The number of rotatable bonds is 1. The number of nitrogens with zero attached hydrogens (tertiary/aromatic N) is 2. The smallest absolute Gasteiger partial charge is 0.139 e. The number of aryl methyl sites for hydroxylation is 1. The first-order valence-corrected chi connectivity index (χ1v) is 7.83. The number of hydrogen-bond donors (Lipinski definition) is 1. The van der Waals surface area contributed by atoms with E-state index < -0.39 is 0 Å². The summed E-state index contributed by atoms with van der Waals surface area (Å²) in [4.78, 5) is 4.59. The maximum atomic E-state index is 6.28. The third-order valence-corrected chi connectivity index (χ3v) is 4.76. The number of imidazole rings is 1. The number of nitrogens with two attached hydrogens (primary N) is 1. The van der Waals surface area contributed by atoms with Crippen LogP contribution in [0.25, 0.3) is 16.9 Å². The van der Waals surface area contributed by atoms with Gasteiger partial charge in [0.1, 0.15) is 17.2 Å². The Kier molecular flexibility index (Phi) is 3.52. The first-order chi connectivity index (χ1) is 9.47. The van der Waals surface area contributed by atoms with E-state index in [0.717, 1.165) is 25.7 Å². The minimum Gasteiger partial charge on any atom is -0.383 e. The summed E-state index contributed by atoms with van der Waals surface area (Å²) in [5.41, 5.74) is 9.63. The average molecular weight is 416 g/mol. The van der Waals surface area contributed by atoms with Gasteiger partial charge in [-0.15, -0.1) is 0 Å². The molecular formula is C14H10Br2ClN3. The van der Waals surface area contributed by atoms with E-state index in [1.807, 2.05) is 41.8 Å².